The number of nitrogens with zero attached hydrogens (tertiary/aromatic N) is 2. The maximum Gasteiger partial charge on any atom is 0.258 e. The molecule has 0 atom stereocenters. The highest BCUT2D eigenvalue weighted by Gasteiger charge is 2.02. The number of carbonyl (C=O) groups excluding carboxylic acids is 1. The quantitative estimate of drug-likeness (QED) is 0.666. The molecule has 15 heavy (non-hydrogen) atoms. The van der Waals surface area contributed by atoms with Gasteiger partial charge in [-0.2, -0.15) is 0 Å². The van der Waals surface area contributed by atoms with Crippen LogP contribution in [0.1, 0.15) is 5.69 Å². The standard InChI is InChI=1S/C9H14N4O2/c1-7-4-9(13-6-12-7)15-5-8(14)11-3-2-10/h4,6H,2-3,5,10H2,1H3,(H,11,14). The van der Waals surface area contributed by atoms with Crippen molar-refractivity contribution in [3.63, 3.8) is 0 Å². The Labute approximate surface area is 87.9 Å². The van der Waals surface area contributed by atoms with Crippen LogP contribution in [0.3, 0.4) is 0 Å². The number of aromatic nitrogens is 2. The molecule has 0 aliphatic carbocycles. The van der Waals surface area contributed by atoms with Gasteiger partial charge in [0.25, 0.3) is 5.91 Å². The SMILES string of the molecule is Cc1cc(OCC(=O)NCCN)ncn1. The van der Waals surface area contributed by atoms with E-state index in [1.807, 2.05) is 6.92 Å². The van der Waals surface area contributed by atoms with Gasteiger partial charge in [-0.15, -0.1) is 0 Å². The molecular weight excluding hydrogens is 196 g/mol. The van der Waals surface area contributed by atoms with Crippen LogP contribution >= 0.6 is 0 Å². The Morgan fingerprint density at radius 3 is 3.07 bits per heavy atom. The van der Waals surface area contributed by atoms with Crippen LogP contribution < -0.4 is 15.8 Å². The third-order valence-corrected chi connectivity index (χ3v) is 1.60. The monoisotopic (exact) mass is 210 g/mol. The van der Waals surface area contributed by atoms with E-state index in [2.05, 4.69) is 15.3 Å². The Morgan fingerprint density at radius 1 is 1.60 bits per heavy atom. The van der Waals surface area contributed by atoms with Crippen molar-refractivity contribution in [2.75, 3.05) is 19.7 Å². The zero-order valence-electron chi connectivity index (χ0n) is 8.56. The molecule has 1 rings (SSSR count). The first kappa shape index (κ1) is 11.4. The fourth-order valence-corrected chi connectivity index (χ4v) is 0.911. The van der Waals surface area contributed by atoms with Crippen molar-refractivity contribution in [1.82, 2.24) is 15.3 Å². The summed E-state index contributed by atoms with van der Waals surface area (Å²) >= 11 is 0. The van der Waals surface area contributed by atoms with Crippen molar-refractivity contribution in [3.05, 3.63) is 18.1 Å². The van der Waals surface area contributed by atoms with Gasteiger partial charge in [0.1, 0.15) is 6.33 Å². The van der Waals surface area contributed by atoms with Gasteiger partial charge >= 0.3 is 0 Å². The normalized spacial score (nSPS) is 9.73. The molecule has 0 saturated heterocycles. The van der Waals surface area contributed by atoms with Crippen molar-refractivity contribution in [2.24, 2.45) is 5.73 Å². The highest BCUT2D eigenvalue weighted by Crippen LogP contribution is 2.04. The summed E-state index contributed by atoms with van der Waals surface area (Å²) in [6.07, 6.45) is 1.39. The number of nitrogens with one attached hydrogen (secondary N) is 1. The van der Waals surface area contributed by atoms with Crippen LogP contribution in [0.2, 0.25) is 0 Å². The molecule has 0 aromatic carbocycles. The van der Waals surface area contributed by atoms with Crippen LogP contribution in [-0.2, 0) is 4.79 Å². The van der Waals surface area contributed by atoms with E-state index in [1.165, 1.54) is 6.33 Å². The Morgan fingerprint density at radius 2 is 2.40 bits per heavy atom. The lowest BCUT2D eigenvalue weighted by molar-refractivity contribution is -0.123. The van der Waals surface area contributed by atoms with E-state index in [1.54, 1.807) is 6.07 Å². The van der Waals surface area contributed by atoms with E-state index in [4.69, 9.17) is 10.5 Å². The Bertz CT molecular complexity index is 330. The molecule has 0 spiro atoms. The molecule has 0 aliphatic rings. The molecule has 1 aromatic rings. The van der Waals surface area contributed by atoms with Crippen molar-refractivity contribution >= 4 is 5.91 Å². The molecule has 0 saturated carbocycles. The maximum absolute atomic E-state index is 11.1. The second-order valence-corrected chi connectivity index (χ2v) is 2.92. The average Bonchev–Trinajstić information content (AvgIpc) is 2.23. The number of amides is 1. The van der Waals surface area contributed by atoms with Gasteiger partial charge in [0.2, 0.25) is 5.88 Å². The molecule has 0 aliphatic heterocycles. The van der Waals surface area contributed by atoms with Gasteiger partial charge in [-0.1, -0.05) is 0 Å². The van der Waals surface area contributed by atoms with Crippen molar-refractivity contribution in [2.45, 2.75) is 6.92 Å². The van der Waals surface area contributed by atoms with Crippen molar-refractivity contribution < 1.29 is 9.53 Å². The molecule has 3 N–H and O–H groups in total. The predicted molar refractivity (Wildman–Crippen MR) is 54.3 cm³/mol. The first-order valence-corrected chi connectivity index (χ1v) is 4.60. The van der Waals surface area contributed by atoms with Crippen LogP contribution in [0, 0.1) is 6.92 Å². The lowest BCUT2D eigenvalue weighted by atomic mass is 10.4. The third kappa shape index (κ3) is 4.37. The highest BCUT2D eigenvalue weighted by atomic mass is 16.5. The minimum absolute atomic E-state index is 0.0591. The lowest BCUT2D eigenvalue weighted by Crippen LogP contribution is -2.33. The summed E-state index contributed by atoms with van der Waals surface area (Å²) in [5.41, 5.74) is 6.02. The molecule has 82 valence electrons. The first-order chi connectivity index (χ1) is 7.22. The number of nitrogens with two attached hydrogens (primary N) is 1. The molecular formula is C9H14N4O2. The summed E-state index contributed by atoms with van der Waals surface area (Å²) in [4.78, 5) is 18.9. The highest BCUT2D eigenvalue weighted by molar-refractivity contribution is 5.77. The molecule has 1 amide bonds. The van der Waals surface area contributed by atoms with Gasteiger partial charge < -0.3 is 15.8 Å². The van der Waals surface area contributed by atoms with Crippen LogP contribution in [0.4, 0.5) is 0 Å². The largest absolute Gasteiger partial charge is 0.467 e. The second-order valence-electron chi connectivity index (χ2n) is 2.92. The number of rotatable bonds is 5. The van der Waals surface area contributed by atoms with E-state index in [0.29, 0.717) is 19.0 Å². The van der Waals surface area contributed by atoms with Crippen LogP contribution in [0.5, 0.6) is 5.88 Å². The summed E-state index contributed by atoms with van der Waals surface area (Å²) in [5, 5.41) is 2.58. The van der Waals surface area contributed by atoms with E-state index in [9.17, 15) is 4.79 Å². The van der Waals surface area contributed by atoms with E-state index >= 15 is 0 Å². The zero-order chi connectivity index (χ0) is 11.1. The maximum atomic E-state index is 11.1. The number of aryl methyl sites for hydroxylation is 1. The van der Waals surface area contributed by atoms with Gasteiger partial charge in [0, 0.05) is 24.8 Å². The number of ether oxygens (including phenoxy) is 1. The number of hydrogen-bond acceptors (Lipinski definition) is 5. The van der Waals surface area contributed by atoms with Crippen LogP contribution in [0.15, 0.2) is 12.4 Å². The fraction of sp³-hybridized carbons (Fsp3) is 0.444. The van der Waals surface area contributed by atoms with Crippen LogP contribution in [0.25, 0.3) is 0 Å². The van der Waals surface area contributed by atoms with E-state index < -0.39 is 0 Å². The Kier molecular flexibility index (Phi) is 4.49. The van der Waals surface area contributed by atoms with Gasteiger partial charge in [0.05, 0.1) is 0 Å². The number of carbonyl (C=O) groups is 1. The Hall–Kier alpha value is -1.69. The lowest BCUT2D eigenvalue weighted by Gasteiger charge is -2.05. The molecule has 6 nitrogen and oxygen atoms in total. The molecule has 1 heterocycles. The van der Waals surface area contributed by atoms with E-state index in [0.717, 1.165) is 5.69 Å². The molecule has 0 bridgehead atoms. The minimum Gasteiger partial charge on any atom is -0.467 e. The molecule has 0 fully saturated rings. The van der Waals surface area contributed by atoms with Gasteiger partial charge in [-0.25, -0.2) is 9.97 Å². The van der Waals surface area contributed by atoms with E-state index in [-0.39, 0.29) is 12.5 Å². The Balaban J connectivity index is 2.33. The van der Waals surface area contributed by atoms with Crippen LogP contribution in [-0.4, -0.2) is 35.6 Å². The zero-order valence-corrected chi connectivity index (χ0v) is 8.56. The molecule has 6 heteroatoms. The second kappa shape index (κ2) is 5.92. The number of hydrogen-bond donors (Lipinski definition) is 2. The summed E-state index contributed by atoms with van der Waals surface area (Å²) in [7, 11) is 0. The molecule has 1 aromatic heterocycles. The summed E-state index contributed by atoms with van der Waals surface area (Å²) < 4.78 is 5.14. The summed E-state index contributed by atoms with van der Waals surface area (Å²) in [5.74, 6) is 0.183. The van der Waals surface area contributed by atoms with Gasteiger partial charge in [-0.05, 0) is 6.92 Å². The van der Waals surface area contributed by atoms with Crippen molar-refractivity contribution in [3.8, 4) is 5.88 Å². The average molecular weight is 210 g/mol. The third-order valence-electron chi connectivity index (χ3n) is 1.60. The predicted octanol–water partition coefficient (Wildman–Crippen LogP) is -0.761. The summed E-state index contributed by atoms with van der Waals surface area (Å²) in [6, 6.07) is 1.66. The first-order valence-electron chi connectivity index (χ1n) is 4.60. The van der Waals surface area contributed by atoms with Gasteiger partial charge in [-0.3, -0.25) is 4.79 Å². The smallest absolute Gasteiger partial charge is 0.258 e. The van der Waals surface area contributed by atoms with Crippen molar-refractivity contribution in [1.29, 1.82) is 0 Å². The molecule has 0 radical (unpaired) electrons. The molecule has 0 unspecified atom stereocenters. The van der Waals surface area contributed by atoms with Gasteiger partial charge in [0.15, 0.2) is 6.61 Å². The fourth-order valence-electron chi connectivity index (χ4n) is 0.911. The summed E-state index contributed by atoms with van der Waals surface area (Å²) in [6.45, 7) is 2.63. The minimum atomic E-state index is -0.211. The topological polar surface area (TPSA) is 90.1 Å².